The van der Waals surface area contributed by atoms with Crippen molar-refractivity contribution in [3.8, 4) is 11.6 Å². The molecule has 0 aliphatic heterocycles. The van der Waals surface area contributed by atoms with Crippen molar-refractivity contribution in [1.82, 2.24) is 9.97 Å². The Morgan fingerprint density at radius 1 is 1.29 bits per heavy atom. The fraction of sp³-hybridized carbons (Fsp3) is 0. The molecule has 0 saturated heterocycles. The first-order chi connectivity index (χ1) is 10.0. The number of rotatable bonds is 5. The summed E-state index contributed by atoms with van der Waals surface area (Å²) in [6.07, 6.45) is 1.06. The van der Waals surface area contributed by atoms with Gasteiger partial charge in [0.15, 0.2) is 0 Å². The number of carbonyl (C=O) groups excluding carboxylic acids is 1. The molecule has 10 nitrogen and oxygen atoms in total. The van der Waals surface area contributed by atoms with Gasteiger partial charge in [0.25, 0.3) is 0 Å². The molecule has 0 spiro atoms. The van der Waals surface area contributed by atoms with Gasteiger partial charge in [-0.2, -0.15) is 4.98 Å². The molecule has 1 amide bonds. The fourth-order valence-corrected chi connectivity index (χ4v) is 1.51. The van der Waals surface area contributed by atoms with Crippen molar-refractivity contribution in [2.24, 2.45) is 11.6 Å². The van der Waals surface area contributed by atoms with E-state index < -0.39 is 16.5 Å². The number of nitro groups is 1. The van der Waals surface area contributed by atoms with Crippen molar-refractivity contribution in [3.63, 3.8) is 0 Å². The normalized spacial score (nSPS) is 9.95. The highest BCUT2D eigenvalue weighted by atomic mass is 16.6. The molecule has 2 rings (SSSR count). The van der Waals surface area contributed by atoms with Crippen molar-refractivity contribution in [2.75, 3.05) is 5.43 Å². The molecule has 0 radical (unpaired) electrons. The van der Waals surface area contributed by atoms with Crippen LogP contribution in [0.25, 0.3) is 0 Å². The Bertz CT molecular complexity index is 688. The second-order valence-electron chi connectivity index (χ2n) is 3.77. The molecule has 0 aliphatic carbocycles. The van der Waals surface area contributed by atoms with E-state index in [-0.39, 0.29) is 23.0 Å². The molecule has 0 saturated carbocycles. The lowest BCUT2D eigenvalue weighted by atomic mass is 10.2. The summed E-state index contributed by atoms with van der Waals surface area (Å²) < 4.78 is 5.31. The number of ether oxygens (including phenoxy) is 1. The molecule has 5 N–H and O–H groups in total. The van der Waals surface area contributed by atoms with Gasteiger partial charge in [-0.15, -0.1) is 0 Å². The average Bonchev–Trinajstić information content (AvgIpc) is 2.47. The zero-order valence-electron chi connectivity index (χ0n) is 10.5. The number of nitrogens with zero attached hydrogens (tertiary/aromatic N) is 3. The molecule has 0 aliphatic rings. The van der Waals surface area contributed by atoms with Crippen LogP contribution in [0.5, 0.6) is 11.6 Å². The molecule has 108 valence electrons. The Balaban J connectivity index is 2.35. The third-order valence-electron chi connectivity index (χ3n) is 2.46. The molecule has 0 fully saturated rings. The fourth-order valence-electron chi connectivity index (χ4n) is 1.51. The van der Waals surface area contributed by atoms with E-state index in [1.807, 2.05) is 0 Å². The highest BCUT2D eigenvalue weighted by Crippen LogP contribution is 2.33. The Kier molecular flexibility index (Phi) is 3.90. The smallest absolute Gasteiger partial charge is 0.374 e. The molecule has 1 aromatic heterocycles. The predicted octanol–water partition coefficient (Wildman–Crippen LogP) is 0.562. The van der Waals surface area contributed by atoms with E-state index in [4.69, 9.17) is 16.3 Å². The number of nitrogen functional groups attached to an aromatic ring is 1. The van der Waals surface area contributed by atoms with Crippen molar-refractivity contribution in [2.45, 2.75) is 0 Å². The number of anilines is 1. The van der Waals surface area contributed by atoms with Gasteiger partial charge < -0.3 is 15.9 Å². The summed E-state index contributed by atoms with van der Waals surface area (Å²) in [6.45, 7) is 0. The zero-order valence-corrected chi connectivity index (χ0v) is 10.5. The maximum absolute atomic E-state index is 11.0. The number of nitrogens with two attached hydrogens (primary N) is 2. The summed E-state index contributed by atoms with van der Waals surface area (Å²) in [5.41, 5.74) is 6.98. The van der Waals surface area contributed by atoms with E-state index in [2.05, 4.69) is 15.4 Å². The van der Waals surface area contributed by atoms with E-state index in [0.29, 0.717) is 0 Å². The minimum Gasteiger partial charge on any atom is -0.434 e. The third kappa shape index (κ3) is 3.01. The van der Waals surface area contributed by atoms with E-state index in [1.165, 1.54) is 24.3 Å². The Morgan fingerprint density at radius 3 is 2.48 bits per heavy atom. The lowest BCUT2D eigenvalue weighted by Gasteiger charge is -2.07. The maximum Gasteiger partial charge on any atom is 0.374 e. The third-order valence-corrected chi connectivity index (χ3v) is 2.46. The minimum atomic E-state index is -0.720. The lowest BCUT2D eigenvalue weighted by molar-refractivity contribution is -0.385. The molecule has 10 heteroatoms. The monoisotopic (exact) mass is 290 g/mol. The van der Waals surface area contributed by atoms with Crippen molar-refractivity contribution in [1.29, 1.82) is 0 Å². The quantitative estimate of drug-likeness (QED) is 0.409. The molecule has 0 bridgehead atoms. The SMILES string of the molecule is NNc1ncnc(Oc2ccc(C(N)=O)cc2)c1[N+](=O)[O-]. The second kappa shape index (κ2) is 5.79. The van der Waals surface area contributed by atoms with Gasteiger partial charge in [0.05, 0.1) is 4.92 Å². The number of carbonyl (C=O) groups is 1. The first-order valence-corrected chi connectivity index (χ1v) is 5.56. The van der Waals surface area contributed by atoms with Crippen LogP contribution in [0.15, 0.2) is 30.6 Å². The van der Waals surface area contributed by atoms with Gasteiger partial charge in [-0.05, 0) is 24.3 Å². The van der Waals surface area contributed by atoms with Crippen LogP contribution in [0.1, 0.15) is 10.4 Å². The second-order valence-corrected chi connectivity index (χ2v) is 3.77. The summed E-state index contributed by atoms with van der Waals surface area (Å²) in [5.74, 6) is 4.34. The number of amides is 1. The van der Waals surface area contributed by atoms with Gasteiger partial charge in [-0.1, -0.05) is 0 Å². The number of hydrogen-bond acceptors (Lipinski definition) is 8. The molecule has 0 atom stereocenters. The van der Waals surface area contributed by atoms with Gasteiger partial charge in [0.1, 0.15) is 12.1 Å². The van der Waals surface area contributed by atoms with Gasteiger partial charge in [0, 0.05) is 5.56 Å². The highest BCUT2D eigenvalue weighted by Gasteiger charge is 2.24. The number of aromatic nitrogens is 2. The summed E-state index contributed by atoms with van der Waals surface area (Å²) >= 11 is 0. The van der Waals surface area contributed by atoms with Crippen molar-refractivity contribution in [3.05, 3.63) is 46.3 Å². The molecule has 21 heavy (non-hydrogen) atoms. The number of benzene rings is 1. The summed E-state index contributed by atoms with van der Waals surface area (Å²) in [4.78, 5) is 28.6. The van der Waals surface area contributed by atoms with Crippen LogP contribution in [-0.4, -0.2) is 20.8 Å². The minimum absolute atomic E-state index is 0.182. The number of hydrazine groups is 1. The van der Waals surface area contributed by atoms with Crippen LogP contribution in [-0.2, 0) is 0 Å². The Hall–Kier alpha value is -3.27. The molecule has 1 heterocycles. The largest absolute Gasteiger partial charge is 0.434 e. The number of hydrogen-bond donors (Lipinski definition) is 3. The van der Waals surface area contributed by atoms with Crippen LogP contribution < -0.4 is 21.7 Å². The van der Waals surface area contributed by atoms with Gasteiger partial charge >= 0.3 is 11.6 Å². The molecular weight excluding hydrogens is 280 g/mol. The van der Waals surface area contributed by atoms with E-state index in [0.717, 1.165) is 6.33 Å². The van der Waals surface area contributed by atoms with Crippen LogP contribution in [0.2, 0.25) is 0 Å². The summed E-state index contributed by atoms with van der Waals surface area (Å²) in [6, 6.07) is 5.71. The Labute approximate surface area is 117 Å². The molecule has 0 unspecified atom stereocenters. The van der Waals surface area contributed by atoms with Crippen LogP contribution in [0, 0.1) is 10.1 Å². The average molecular weight is 290 g/mol. The first kappa shape index (κ1) is 14.1. The van der Waals surface area contributed by atoms with Crippen LogP contribution in [0.3, 0.4) is 0 Å². The van der Waals surface area contributed by atoms with Gasteiger partial charge in [0.2, 0.25) is 11.7 Å². The summed E-state index contributed by atoms with van der Waals surface area (Å²) in [5, 5.41) is 11.0. The first-order valence-electron chi connectivity index (χ1n) is 5.56. The number of primary amides is 1. The predicted molar refractivity (Wildman–Crippen MR) is 71.5 cm³/mol. The maximum atomic E-state index is 11.0. The van der Waals surface area contributed by atoms with E-state index in [9.17, 15) is 14.9 Å². The van der Waals surface area contributed by atoms with Crippen LogP contribution >= 0.6 is 0 Å². The van der Waals surface area contributed by atoms with Gasteiger partial charge in [-0.25, -0.2) is 10.8 Å². The van der Waals surface area contributed by atoms with Crippen molar-refractivity contribution < 1.29 is 14.5 Å². The highest BCUT2D eigenvalue weighted by molar-refractivity contribution is 5.92. The topological polar surface area (TPSA) is 159 Å². The van der Waals surface area contributed by atoms with E-state index >= 15 is 0 Å². The van der Waals surface area contributed by atoms with Gasteiger partial charge in [-0.3, -0.25) is 14.9 Å². The Morgan fingerprint density at radius 2 is 1.95 bits per heavy atom. The van der Waals surface area contributed by atoms with Crippen molar-refractivity contribution >= 4 is 17.4 Å². The standard InChI is InChI=1S/C11H10N6O4/c12-9(18)6-1-3-7(4-2-6)21-11-8(17(19)20)10(16-13)14-5-15-11/h1-5H,13H2,(H2,12,18)(H,14,15,16). The molecule has 2 aromatic rings. The number of nitrogens with one attached hydrogen (secondary N) is 1. The lowest BCUT2D eigenvalue weighted by Crippen LogP contribution is -2.12. The molecular formula is C11H10N6O4. The van der Waals surface area contributed by atoms with Crippen LogP contribution in [0.4, 0.5) is 11.5 Å². The molecule has 1 aromatic carbocycles. The van der Waals surface area contributed by atoms with E-state index in [1.54, 1.807) is 0 Å². The zero-order chi connectivity index (χ0) is 15.4. The summed E-state index contributed by atoms with van der Waals surface area (Å²) in [7, 11) is 0.